The number of hydrogen-bond acceptors (Lipinski definition) is 3. The highest BCUT2D eigenvalue weighted by molar-refractivity contribution is 6.05. The molecular formula is C24H23NO4. The van der Waals surface area contributed by atoms with Crippen molar-refractivity contribution in [3.05, 3.63) is 83.9 Å². The summed E-state index contributed by atoms with van der Waals surface area (Å²) in [7, 11) is 0. The van der Waals surface area contributed by atoms with Gasteiger partial charge in [-0.25, -0.2) is 4.79 Å². The Morgan fingerprint density at radius 1 is 0.897 bits per heavy atom. The summed E-state index contributed by atoms with van der Waals surface area (Å²) in [5.74, 6) is -0.537. The molecule has 3 rings (SSSR count). The quantitative estimate of drug-likeness (QED) is 0.500. The van der Waals surface area contributed by atoms with Gasteiger partial charge >= 0.3 is 5.97 Å². The number of aromatic carboxylic acids is 1. The van der Waals surface area contributed by atoms with Crippen LogP contribution in [0.15, 0.2) is 72.8 Å². The Balaban J connectivity index is 1.77. The average molecular weight is 389 g/mol. The van der Waals surface area contributed by atoms with Gasteiger partial charge in [-0.2, -0.15) is 0 Å². The molecule has 1 amide bonds. The fraction of sp³-hybridized carbons (Fsp3) is 0.167. The Hall–Kier alpha value is -3.60. The molecule has 0 saturated heterocycles. The van der Waals surface area contributed by atoms with E-state index in [0.29, 0.717) is 17.9 Å². The van der Waals surface area contributed by atoms with Gasteiger partial charge in [0.2, 0.25) is 0 Å². The highest BCUT2D eigenvalue weighted by Crippen LogP contribution is 2.25. The predicted octanol–water partition coefficient (Wildman–Crippen LogP) is 5.48. The maximum atomic E-state index is 12.6. The van der Waals surface area contributed by atoms with Crippen LogP contribution >= 0.6 is 0 Å². The maximum Gasteiger partial charge on any atom is 0.335 e. The summed E-state index contributed by atoms with van der Waals surface area (Å²) in [5, 5.41) is 11.8. The molecule has 0 spiro atoms. The molecule has 2 N–H and O–H groups in total. The molecule has 0 aliphatic rings. The van der Waals surface area contributed by atoms with E-state index in [1.807, 2.05) is 42.5 Å². The van der Waals surface area contributed by atoms with E-state index in [9.17, 15) is 9.59 Å². The van der Waals surface area contributed by atoms with Crippen LogP contribution in [-0.4, -0.2) is 23.6 Å². The Labute approximate surface area is 170 Å². The summed E-state index contributed by atoms with van der Waals surface area (Å²) in [6.45, 7) is 2.80. The minimum absolute atomic E-state index is 0.122. The first-order valence-corrected chi connectivity index (χ1v) is 9.55. The average Bonchev–Trinajstić information content (AvgIpc) is 2.74. The Kier molecular flexibility index (Phi) is 6.63. The number of carbonyl (C=O) groups excluding carboxylic acids is 1. The van der Waals surface area contributed by atoms with Gasteiger partial charge in [-0.15, -0.1) is 0 Å². The van der Waals surface area contributed by atoms with Crippen molar-refractivity contribution in [1.29, 1.82) is 0 Å². The van der Waals surface area contributed by atoms with E-state index in [4.69, 9.17) is 9.84 Å². The molecule has 0 atom stereocenters. The fourth-order valence-electron chi connectivity index (χ4n) is 2.87. The molecule has 0 saturated carbocycles. The molecule has 5 heteroatoms. The number of rotatable bonds is 8. The van der Waals surface area contributed by atoms with E-state index < -0.39 is 5.97 Å². The SMILES string of the molecule is CCCCOc1cccc(-c2cccc(C(=O)Nc3cccc(C(=O)O)c3)c2)c1. The first-order chi connectivity index (χ1) is 14.1. The zero-order valence-electron chi connectivity index (χ0n) is 16.2. The summed E-state index contributed by atoms with van der Waals surface area (Å²) < 4.78 is 5.77. The third-order valence-electron chi connectivity index (χ3n) is 4.43. The smallest absolute Gasteiger partial charge is 0.335 e. The first-order valence-electron chi connectivity index (χ1n) is 9.55. The number of carboxylic acid groups (broad SMARTS) is 1. The minimum Gasteiger partial charge on any atom is -0.494 e. The topological polar surface area (TPSA) is 75.6 Å². The lowest BCUT2D eigenvalue weighted by Crippen LogP contribution is -2.12. The molecule has 148 valence electrons. The summed E-state index contributed by atoms with van der Waals surface area (Å²) in [6.07, 6.45) is 2.08. The van der Waals surface area contributed by atoms with Gasteiger partial charge in [-0.05, 0) is 60.0 Å². The highest BCUT2D eigenvalue weighted by atomic mass is 16.5. The molecule has 3 aromatic carbocycles. The molecule has 0 aliphatic heterocycles. The van der Waals surface area contributed by atoms with E-state index in [2.05, 4.69) is 12.2 Å². The van der Waals surface area contributed by atoms with Gasteiger partial charge in [0.15, 0.2) is 0 Å². The van der Waals surface area contributed by atoms with Crippen LogP contribution in [0.2, 0.25) is 0 Å². The second kappa shape index (κ2) is 9.55. The maximum absolute atomic E-state index is 12.6. The van der Waals surface area contributed by atoms with Crippen LogP contribution in [0.4, 0.5) is 5.69 Å². The number of ether oxygens (including phenoxy) is 1. The Morgan fingerprint density at radius 3 is 2.34 bits per heavy atom. The molecule has 0 bridgehead atoms. The molecule has 0 aliphatic carbocycles. The van der Waals surface area contributed by atoms with Crippen molar-refractivity contribution in [2.75, 3.05) is 11.9 Å². The Morgan fingerprint density at radius 2 is 1.59 bits per heavy atom. The van der Waals surface area contributed by atoms with E-state index in [1.165, 1.54) is 12.1 Å². The van der Waals surface area contributed by atoms with Gasteiger partial charge < -0.3 is 15.2 Å². The number of carbonyl (C=O) groups is 2. The van der Waals surface area contributed by atoms with Gasteiger partial charge in [-0.1, -0.05) is 43.7 Å². The number of anilines is 1. The third-order valence-corrected chi connectivity index (χ3v) is 4.43. The third kappa shape index (κ3) is 5.45. The zero-order chi connectivity index (χ0) is 20.6. The second-order valence-corrected chi connectivity index (χ2v) is 6.65. The van der Waals surface area contributed by atoms with Crippen molar-refractivity contribution in [1.82, 2.24) is 0 Å². The summed E-state index contributed by atoms with van der Waals surface area (Å²) in [6, 6.07) is 21.2. The number of carboxylic acids is 1. The van der Waals surface area contributed by atoms with Crippen LogP contribution in [0.3, 0.4) is 0 Å². The van der Waals surface area contributed by atoms with Crippen LogP contribution in [0, 0.1) is 0 Å². The standard InChI is InChI=1S/C24H23NO4/c1-2-3-13-29-22-12-6-8-18(16-22)17-7-4-9-19(14-17)23(26)25-21-11-5-10-20(15-21)24(27)28/h4-12,14-16H,2-3,13H2,1H3,(H,25,26)(H,27,28). The zero-order valence-corrected chi connectivity index (χ0v) is 16.2. The van der Waals surface area contributed by atoms with E-state index in [1.54, 1.807) is 18.2 Å². The number of nitrogens with one attached hydrogen (secondary N) is 1. The fourth-order valence-corrected chi connectivity index (χ4v) is 2.87. The number of amides is 1. The van der Waals surface area contributed by atoms with Crippen LogP contribution in [0.1, 0.15) is 40.5 Å². The second-order valence-electron chi connectivity index (χ2n) is 6.65. The summed E-state index contributed by atoms with van der Waals surface area (Å²) in [4.78, 5) is 23.7. The molecule has 29 heavy (non-hydrogen) atoms. The first kappa shape index (κ1) is 20.1. The minimum atomic E-state index is -1.04. The molecule has 0 radical (unpaired) electrons. The van der Waals surface area contributed by atoms with E-state index in [0.717, 1.165) is 29.7 Å². The molecule has 0 fully saturated rings. The monoisotopic (exact) mass is 389 g/mol. The lowest BCUT2D eigenvalue weighted by Gasteiger charge is -2.10. The van der Waals surface area contributed by atoms with Crippen molar-refractivity contribution in [2.45, 2.75) is 19.8 Å². The lowest BCUT2D eigenvalue weighted by atomic mass is 10.0. The van der Waals surface area contributed by atoms with E-state index >= 15 is 0 Å². The van der Waals surface area contributed by atoms with Crippen molar-refractivity contribution >= 4 is 17.6 Å². The highest BCUT2D eigenvalue weighted by Gasteiger charge is 2.10. The van der Waals surface area contributed by atoms with Crippen LogP contribution < -0.4 is 10.1 Å². The van der Waals surface area contributed by atoms with Gasteiger partial charge in [0.05, 0.1) is 12.2 Å². The van der Waals surface area contributed by atoms with Crippen LogP contribution in [-0.2, 0) is 0 Å². The van der Waals surface area contributed by atoms with Crippen molar-refractivity contribution < 1.29 is 19.4 Å². The molecule has 0 aromatic heterocycles. The number of hydrogen-bond donors (Lipinski definition) is 2. The largest absolute Gasteiger partial charge is 0.494 e. The molecule has 5 nitrogen and oxygen atoms in total. The van der Waals surface area contributed by atoms with Crippen molar-refractivity contribution in [2.24, 2.45) is 0 Å². The predicted molar refractivity (Wildman–Crippen MR) is 114 cm³/mol. The summed E-state index contributed by atoms with van der Waals surface area (Å²) in [5.41, 5.74) is 2.91. The Bertz CT molecular complexity index is 1010. The lowest BCUT2D eigenvalue weighted by molar-refractivity contribution is 0.0696. The van der Waals surface area contributed by atoms with Gasteiger partial charge in [0.1, 0.15) is 5.75 Å². The normalized spacial score (nSPS) is 10.4. The van der Waals surface area contributed by atoms with Gasteiger partial charge in [-0.3, -0.25) is 4.79 Å². The number of benzene rings is 3. The van der Waals surface area contributed by atoms with Crippen molar-refractivity contribution in [3.63, 3.8) is 0 Å². The van der Waals surface area contributed by atoms with Crippen LogP contribution in [0.25, 0.3) is 11.1 Å². The summed E-state index contributed by atoms with van der Waals surface area (Å²) >= 11 is 0. The molecule has 0 heterocycles. The molecule has 3 aromatic rings. The van der Waals surface area contributed by atoms with Crippen LogP contribution in [0.5, 0.6) is 5.75 Å². The van der Waals surface area contributed by atoms with Crippen molar-refractivity contribution in [3.8, 4) is 16.9 Å². The van der Waals surface area contributed by atoms with E-state index in [-0.39, 0.29) is 11.5 Å². The number of unbranched alkanes of at least 4 members (excludes halogenated alkanes) is 1. The van der Waals surface area contributed by atoms with Gasteiger partial charge in [0.25, 0.3) is 5.91 Å². The molecule has 0 unspecified atom stereocenters. The molecular weight excluding hydrogens is 366 g/mol. The van der Waals surface area contributed by atoms with Gasteiger partial charge in [0, 0.05) is 11.3 Å².